The fraction of sp³-hybridized carbons (Fsp3) is 0.154. The van der Waals surface area contributed by atoms with Crippen molar-refractivity contribution in [2.45, 2.75) is 0 Å². The Kier molecular flexibility index (Phi) is 9.07. The molecule has 0 fully saturated rings. The van der Waals surface area contributed by atoms with Gasteiger partial charge in [0.25, 0.3) is 0 Å². The number of ketones is 1. The highest BCUT2D eigenvalue weighted by Gasteiger charge is 2.16. The Morgan fingerprint density at radius 3 is 2.45 bits per heavy atom. The molecule has 0 unspecified atom stereocenters. The second-order valence-electron chi connectivity index (χ2n) is 7.32. The van der Waals surface area contributed by atoms with Crippen LogP contribution >= 0.6 is 23.2 Å². The summed E-state index contributed by atoms with van der Waals surface area (Å²) >= 11 is 12.4. The van der Waals surface area contributed by atoms with Gasteiger partial charge in [-0.25, -0.2) is 4.98 Å². The van der Waals surface area contributed by atoms with Gasteiger partial charge in [-0.2, -0.15) is 0 Å². The van der Waals surface area contributed by atoms with Crippen molar-refractivity contribution in [3.8, 4) is 17.4 Å². The Balaban J connectivity index is 1.79. The molecule has 2 aromatic carbocycles. The van der Waals surface area contributed by atoms with Crippen LogP contribution in [-0.2, 0) is 0 Å². The third-order valence-electron chi connectivity index (χ3n) is 4.47. The average molecular weight is 483 g/mol. The molecule has 3 rings (SSSR count). The van der Waals surface area contributed by atoms with Crippen LogP contribution in [-0.4, -0.2) is 42.9 Å². The zero-order valence-corrected chi connectivity index (χ0v) is 19.9. The first kappa shape index (κ1) is 24.5. The molecule has 0 saturated carbocycles. The van der Waals surface area contributed by atoms with Crippen LogP contribution in [0.4, 0.5) is 0 Å². The number of halogens is 2. The summed E-state index contributed by atoms with van der Waals surface area (Å²) in [6, 6.07) is 16.3. The van der Waals surface area contributed by atoms with E-state index in [1.165, 1.54) is 6.08 Å². The molecule has 0 aliphatic heterocycles. The van der Waals surface area contributed by atoms with Crippen molar-refractivity contribution in [3.05, 3.63) is 100 Å². The van der Waals surface area contributed by atoms with Crippen LogP contribution < -0.4 is 9.47 Å². The maximum absolute atomic E-state index is 12.8. The van der Waals surface area contributed by atoms with Crippen molar-refractivity contribution >= 4 is 35.1 Å². The minimum absolute atomic E-state index is 0.148. The van der Waals surface area contributed by atoms with E-state index in [1.54, 1.807) is 42.6 Å². The number of hydrogen-bond donors (Lipinski definition) is 0. The smallest absolute Gasteiger partial charge is 0.230 e. The lowest BCUT2D eigenvalue weighted by molar-refractivity contribution is 0.104. The van der Waals surface area contributed by atoms with Crippen LogP contribution in [0.2, 0.25) is 10.0 Å². The number of aromatic nitrogens is 1. The van der Waals surface area contributed by atoms with Crippen LogP contribution in [0.3, 0.4) is 0 Å². The number of hydrogen-bond acceptors (Lipinski definition) is 5. The predicted octanol–water partition coefficient (Wildman–Crippen LogP) is 6.57. The third kappa shape index (κ3) is 7.46. The summed E-state index contributed by atoms with van der Waals surface area (Å²) in [7, 11) is 3.90. The molecule has 0 saturated heterocycles. The largest absolute Gasteiger partial charge is 0.488 e. The molecular formula is C26H24Cl2N2O3. The fourth-order valence-corrected chi connectivity index (χ4v) is 3.08. The van der Waals surface area contributed by atoms with Crippen molar-refractivity contribution in [2.24, 2.45) is 0 Å². The van der Waals surface area contributed by atoms with Gasteiger partial charge in [0.15, 0.2) is 17.3 Å². The Morgan fingerprint density at radius 1 is 1.00 bits per heavy atom. The molecule has 1 heterocycles. The van der Waals surface area contributed by atoms with E-state index in [-0.39, 0.29) is 11.7 Å². The normalized spacial score (nSPS) is 11.4. The topological polar surface area (TPSA) is 51.7 Å². The summed E-state index contributed by atoms with van der Waals surface area (Å²) < 4.78 is 11.8. The van der Waals surface area contributed by atoms with E-state index < -0.39 is 0 Å². The van der Waals surface area contributed by atoms with Crippen LogP contribution in [0.1, 0.15) is 15.9 Å². The van der Waals surface area contributed by atoms with Crippen molar-refractivity contribution in [3.63, 3.8) is 0 Å². The number of carbonyl (C=O) groups is 1. The number of nitrogens with zero attached hydrogens (tertiary/aromatic N) is 2. The first-order valence-electron chi connectivity index (χ1n) is 10.3. The zero-order chi connectivity index (χ0) is 23.6. The summed E-state index contributed by atoms with van der Waals surface area (Å²) in [6.45, 7) is 1.13. The van der Waals surface area contributed by atoms with Crippen LogP contribution in [0.15, 0.2) is 79.0 Å². The molecule has 0 amide bonds. The Bertz CT molecular complexity index is 1150. The summed E-state index contributed by atoms with van der Waals surface area (Å²) in [5.74, 6) is 0.640. The molecule has 0 aliphatic carbocycles. The van der Waals surface area contributed by atoms with Gasteiger partial charge in [0.1, 0.15) is 6.61 Å². The number of allylic oxidation sites excluding steroid dienone is 3. The van der Waals surface area contributed by atoms with E-state index in [2.05, 4.69) is 4.98 Å². The molecule has 0 spiro atoms. The van der Waals surface area contributed by atoms with Crippen LogP contribution in [0.25, 0.3) is 6.08 Å². The van der Waals surface area contributed by atoms with E-state index in [1.807, 2.05) is 55.4 Å². The Morgan fingerprint density at radius 2 is 1.73 bits per heavy atom. The monoisotopic (exact) mass is 482 g/mol. The van der Waals surface area contributed by atoms with Crippen LogP contribution in [0.5, 0.6) is 17.4 Å². The number of rotatable bonds is 10. The number of likely N-dealkylation sites (N-methyl/N-ethyl adjacent to an activating group) is 1. The number of carbonyl (C=O) groups excluding carboxylic acids is 1. The number of benzene rings is 2. The second-order valence-corrected chi connectivity index (χ2v) is 8.13. The Labute approximate surface area is 203 Å². The molecule has 0 bridgehead atoms. The molecule has 1 aromatic heterocycles. The lowest BCUT2D eigenvalue weighted by Gasteiger charge is -2.16. The first-order chi connectivity index (χ1) is 15.9. The van der Waals surface area contributed by atoms with Crippen molar-refractivity contribution in [2.75, 3.05) is 27.2 Å². The first-order valence-corrected chi connectivity index (χ1v) is 11.0. The maximum atomic E-state index is 12.8. The molecule has 0 N–H and O–H groups in total. The summed E-state index contributed by atoms with van der Waals surface area (Å²) in [4.78, 5) is 19.0. The zero-order valence-electron chi connectivity index (χ0n) is 18.4. The molecular weight excluding hydrogens is 459 g/mol. The molecule has 5 nitrogen and oxygen atoms in total. The second kappa shape index (κ2) is 12.2. The van der Waals surface area contributed by atoms with Crippen molar-refractivity contribution in [1.82, 2.24) is 9.88 Å². The number of ether oxygens (including phenoxy) is 2. The van der Waals surface area contributed by atoms with E-state index in [9.17, 15) is 4.79 Å². The highest BCUT2D eigenvalue weighted by Crippen LogP contribution is 2.38. The van der Waals surface area contributed by atoms with E-state index >= 15 is 0 Å². The highest BCUT2D eigenvalue weighted by atomic mass is 35.5. The van der Waals surface area contributed by atoms with Gasteiger partial charge in [-0.05, 0) is 37.9 Å². The van der Waals surface area contributed by atoms with E-state index in [0.29, 0.717) is 40.3 Å². The van der Waals surface area contributed by atoms with Gasteiger partial charge in [0.05, 0.1) is 15.6 Å². The lowest BCUT2D eigenvalue weighted by atomic mass is 10.1. The molecule has 7 heteroatoms. The fourth-order valence-electron chi connectivity index (χ4n) is 2.77. The SMILES string of the molecule is CN(C)CCOc1cc(Cl)c(Cl)cc1Oc1ncccc1C(=O)C=CC=Cc1ccccc1. The number of pyridine rings is 1. The quantitative estimate of drug-likeness (QED) is 0.185. The third-order valence-corrected chi connectivity index (χ3v) is 5.20. The minimum Gasteiger partial charge on any atom is -0.488 e. The average Bonchev–Trinajstić information content (AvgIpc) is 2.80. The summed E-state index contributed by atoms with van der Waals surface area (Å²) in [5.41, 5.74) is 1.36. The molecule has 0 aliphatic rings. The van der Waals surface area contributed by atoms with Gasteiger partial charge >= 0.3 is 0 Å². The van der Waals surface area contributed by atoms with Crippen LogP contribution in [0, 0.1) is 0 Å². The molecule has 3 aromatic rings. The molecule has 0 atom stereocenters. The highest BCUT2D eigenvalue weighted by molar-refractivity contribution is 6.42. The van der Waals surface area contributed by atoms with E-state index in [0.717, 1.165) is 5.56 Å². The lowest BCUT2D eigenvalue weighted by Crippen LogP contribution is -2.19. The standard InChI is InChI=1S/C26H24Cl2N2O3/c1-30(2)15-16-32-24-17-21(27)22(28)18-25(24)33-26-20(12-8-14-29-26)23(31)13-7-6-11-19-9-4-3-5-10-19/h3-14,17-18H,15-16H2,1-2H3. The maximum Gasteiger partial charge on any atom is 0.230 e. The van der Waals surface area contributed by atoms with Gasteiger partial charge < -0.3 is 14.4 Å². The van der Waals surface area contributed by atoms with Gasteiger partial charge in [0, 0.05) is 24.9 Å². The molecule has 170 valence electrons. The Hall–Kier alpha value is -3.12. The minimum atomic E-state index is -0.244. The van der Waals surface area contributed by atoms with Gasteiger partial charge in [-0.15, -0.1) is 0 Å². The molecule has 0 radical (unpaired) electrons. The summed E-state index contributed by atoms with van der Waals surface area (Å²) in [6.07, 6.45) is 8.42. The summed E-state index contributed by atoms with van der Waals surface area (Å²) in [5, 5.41) is 0.649. The van der Waals surface area contributed by atoms with Gasteiger partial charge in [0.2, 0.25) is 5.88 Å². The van der Waals surface area contributed by atoms with Gasteiger partial charge in [-0.1, -0.05) is 71.8 Å². The predicted molar refractivity (Wildman–Crippen MR) is 134 cm³/mol. The molecule has 33 heavy (non-hydrogen) atoms. The van der Waals surface area contributed by atoms with E-state index in [4.69, 9.17) is 32.7 Å². The van der Waals surface area contributed by atoms with Crippen molar-refractivity contribution < 1.29 is 14.3 Å². The van der Waals surface area contributed by atoms with Crippen molar-refractivity contribution in [1.29, 1.82) is 0 Å². The van der Waals surface area contributed by atoms with Gasteiger partial charge in [-0.3, -0.25) is 4.79 Å².